The van der Waals surface area contributed by atoms with E-state index in [0.29, 0.717) is 0 Å². The summed E-state index contributed by atoms with van der Waals surface area (Å²) in [5.74, 6) is 4.29. The highest BCUT2D eigenvalue weighted by molar-refractivity contribution is 7.99. The number of nitrogens with zero attached hydrogens (tertiary/aromatic N) is 5. The molecule has 0 spiro atoms. The third-order valence-corrected chi connectivity index (χ3v) is 6.46. The topological polar surface area (TPSA) is 79.6 Å². The first-order chi connectivity index (χ1) is 12.8. The van der Waals surface area contributed by atoms with Crippen LogP contribution in [0.15, 0.2) is 11.3 Å². The molecule has 2 aliphatic rings. The van der Waals surface area contributed by atoms with E-state index < -0.39 is 0 Å². The molecule has 3 heterocycles. The van der Waals surface area contributed by atoms with E-state index in [2.05, 4.69) is 54.0 Å². The molecular formula is C17H31N7OS. The highest BCUT2D eigenvalue weighted by atomic mass is 32.2. The maximum atomic E-state index is 5.54. The van der Waals surface area contributed by atoms with Gasteiger partial charge in [-0.05, 0) is 12.2 Å². The average molecular weight is 382 g/mol. The molecule has 0 saturated carbocycles. The summed E-state index contributed by atoms with van der Waals surface area (Å²) in [4.78, 5) is 7.00. The minimum absolute atomic E-state index is 0.218. The summed E-state index contributed by atoms with van der Waals surface area (Å²) < 4.78 is 7.63. The van der Waals surface area contributed by atoms with Crippen LogP contribution in [0, 0.1) is 0 Å². The fourth-order valence-electron chi connectivity index (χ4n) is 3.64. The lowest BCUT2D eigenvalue weighted by molar-refractivity contribution is -0.0120. The highest BCUT2D eigenvalue weighted by Gasteiger charge is 2.40. The first kappa shape index (κ1) is 19.4. The predicted molar refractivity (Wildman–Crippen MR) is 106 cm³/mol. The average Bonchev–Trinajstić information content (AvgIpc) is 3.35. The molecule has 0 amide bonds. The Morgan fingerprint density at radius 1 is 1.38 bits per heavy atom. The van der Waals surface area contributed by atoms with Crippen LogP contribution in [0.2, 0.25) is 0 Å². The molecule has 2 fully saturated rings. The maximum Gasteiger partial charge on any atom is 0.191 e. The molecule has 0 aliphatic carbocycles. The standard InChI is InChI=1S/C17H31N7OS/c1-3-15-22-21-14-23(15)6-5-19-16(18-2)20-12-17(4-11-26-13-17)24-7-9-25-10-8-24/h14H,3-13H2,1-2H3,(H2,18,19,20). The largest absolute Gasteiger partial charge is 0.379 e. The van der Waals surface area contributed by atoms with E-state index in [0.717, 1.165) is 64.1 Å². The molecule has 2 aliphatic heterocycles. The number of hydrogen-bond acceptors (Lipinski definition) is 6. The molecule has 26 heavy (non-hydrogen) atoms. The van der Waals surface area contributed by atoms with Crippen molar-refractivity contribution in [2.24, 2.45) is 4.99 Å². The molecule has 1 atom stereocenters. The van der Waals surface area contributed by atoms with Crippen molar-refractivity contribution in [2.75, 3.05) is 57.9 Å². The van der Waals surface area contributed by atoms with E-state index in [1.807, 2.05) is 7.05 Å². The summed E-state index contributed by atoms with van der Waals surface area (Å²) in [7, 11) is 1.83. The van der Waals surface area contributed by atoms with Crippen molar-refractivity contribution in [3.63, 3.8) is 0 Å². The number of rotatable bonds is 7. The Labute approximate surface area is 160 Å². The predicted octanol–water partition coefficient (Wildman–Crippen LogP) is 0.213. The minimum atomic E-state index is 0.218. The normalized spacial score (nSPS) is 24.8. The third-order valence-electron chi connectivity index (χ3n) is 5.23. The summed E-state index contributed by atoms with van der Waals surface area (Å²) >= 11 is 2.05. The van der Waals surface area contributed by atoms with Crippen LogP contribution < -0.4 is 10.6 Å². The van der Waals surface area contributed by atoms with E-state index in [1.54, 1.807) is 6.33 Å². The minimum Gasteiger partial charge on any atom is -0.379 e. The SMILES string of the molecule is CCc1nncn1CCNC(=NC)NCC1(N2CCOCC2)CCSC1. The van der Waals surface area contributed by atoms with Crippen molar-refractivity contribution >= 4 is 17.7 Å². The number of aliphatic imine (C=N–C) groups is 1. The van der Waals surface area contributed by atoms with Gasteiger partial charge in [-0.25, -0.2) is 0 Å². The molecule has 0 radical (unpaired) electrons. The van der Waals surface area contributed by atoms with Crippen molar-refractivity contribution in [3.8, 4) is 0 Å². The van der Waals surface area contributed by atoms with Crippen LogP contribution in [0.4, 0.5) is 0 Å². The zero-order valence-electron chi connectivity index (χ0n) is 15.9. The van der Waals surface area contributed by atoms with Crippen LogP contribution in [0.5, 0.6) is 0 Å². The summed E-state index contributed by atoms with van der Waals surface area (Å²) in [5, 5.41) is 15.1. The van der Waals surface area contributed by atoms with Crippen LogP contribution in [0.3, 0.4) is 0 Å². The quantitative estimate of drug-likeness (QED) is 0.516. The lowest BCUT2D eigenvalue weighted by atomic mass is 9.95. The van der Waals surface area contributed by atoms with Gasteiger partial charge in [0.1, 0.15) is 12.2 Å². The maximum absolute atomic E-state index is 5.54. The van der Waals surface area contributed by atoms with Gasteiger partial charge in [0, 0.05) is 57.5 Å². The van der Waals surface area contributed by atoms with E-state index >= 15 is 0 Å². The molecule has 146 valence electrons. The Bertz CT molecular complexity index is 579. The number of aryl methyl sites for hydroxylation is 1. The molecule has 1 unspecified atom stereocenters. The van der Waals surface area contributed by atoms with Gasteiger partial charge in [-0.1, -0.05) is 6.92 Å². The Balaban J connectivity index is 1.49. The summed E-state index contributed by atoms with van der Waals surface area (Å²) in [5.41, 5.74) is 0.218. The van der Waals surface area contributed by atoms with Crippen LogP contribution in [0.25, 0.3) is 0 Å². The van der Waals surface area contributed by atoms with Crippen molar-refractivity contribution in [1.29, 1.82) is 0 Å². The van der Waals surface area contributed by atoms with Crippen LogP contribution in [-0.2, 0) is 17.7 Å². The molecular weight excluding hydrogens is 350 g/mol. The summed E-state index contributed by atoms with van der Waals surface area (Å²) in [6, 6.07) is 0. The fraction of sp³-hybridized carbons (Fsp3) is 0.824. The van der Waals surface area contributed by atoms with E-state index in [9.17, 15) is 0 Å². The van der Waals surface area contributed by atoms with Gasteiger partial charge in [-0.3, -0.25) is 9.89 Å². The number of aromatic nitrogens is 3. The molecule has 2 N–H and O–H groups in total. The Hall–Kier alpha value is -1.32. The highest BCUT2D eigenvalue weighted by Crippen LogP contribution is 2.33. The Kier molecular flexibility index (Phi) is 7.15. The first-order valence-corrected chi connectivity index (χ1v) is 10.6. The summed E-state index contributed by atoms with van der Waals surface area (Å²) in [6.07, 6.45) is 3.91. The molecule has 9 heteroatoms. The van der Waals surface area contributed by atoms with E-state index in [-0.39, 0.29) is 5.54 Å². The van der Waals surface area contributed by atoms with Crippen molar-refractivity contribution in [2.45, 2.75) is 31.8 Å². The molecule has 2 saturated heterocycles. The van der Waals surface area contributed by atoms with Gasteiger partial charge in [0.2, 0.25) is 0 Å². The second kappa shape index (κ2) is 9.57. The second-order valence-corrected chi connectivity index (χ2v) is 7.88. The van der Waals surface area contributed by atoms with Gasteiger partial charge in [0.05, 0.1) is 13.2 Å². The second-order valence-electron chi connectivity index (χ2n) is 6.77. The van der Waals surface area contributed by atoms with Crippen LogP contribution >= 0.6 is 11.8 Å². The molecule has 0 aromatic carbocycles. The Morgan fingerprint density at radius 3 is 2.92 bits per heavy atom. The van der Waals surface area contributed by atoms with Gasteiger partial charge >= 0.3 is 0 Å². The zero-order chi connectivity index (χ0) is 18.2. The van der Waals surface area contributed by atoms with Crippen molar-refractivity contribution in [1.82, 2.24) is 30.3 Å². The van der Waals surface area contributed by atoms with Gasteiger partial charge in [-0.15, -0.1) is 10.2 Å². The van der Waals surface area contributed by atoms with Gasteiger partial charge in [0.15, 0.2) is 5.96 Å². The number of nitrogens with one attached hydrogen (secondary N) is 2. The zero-order valence-corrected chi connectivity index (χ0v) is 16.7. The number of thioether (sulfide) groups is 1. The molecule has 3 rings (SSSR count). The molecule has 1 aromatic rings. The molecule has 0 bridgehead atoms. The summed E-state index contributed by atoms with van der Waals surface area (Å²) in [6.45, 7) is 8.40. The lowest BCUT2D eigenvalue weighted by Gasteiger charge is -2.43. The fourth-order valence-corrected chi connectivity index (χ4v) is 5.12. The van der Waals surface area contributed by atoms with Gasteiger partial charge in [0.25, 0.3) is 0 Å². The molecule has 8 nitrogen and oxygen atoms in total. The monoisotopic (exact) mass is 381 g/mol. The van der Waals surface area contributed by atoms with Gasteiger partial charge < -0.3 is 19.9 Å². The lowest BCUT2D eigenvalue weighted by Crippen LogP contribution is -2.60. The van der Waals surface area contributed by atoms with Crippen molar-refractivity contribution < 1.29 is 4.74 Å². The van der Waals surface area contributed by atoms with E-state index in [1.165, 1.54) is 17.9 Å². The van der Waals surface area contributed by atoms with Crippen LogP contribution in [-0.4, -0.2) is 89.1 Å². The number of hydrogen-bond donors (Lipinski definition) is 2. The molecule has 1 aromatic heterocycles. The van der Waals surface area contributed by atoms with Crippen molar-refractivity contribution in [3.05, 3.63) is 12.2 Å². The number of ether oxygens (including phenoxy) is 1. The van der Waals surface area contributed by atoms with E-state index in [4.69, 9.17) is 4.74 Å². The number of guanidine groups is 1. The number of morpholine rings is 1. The third kappa shape index (κ3) is 4.69. The first-order valence-electron chi connectivity index (χ1n) is 9.49. The van der Waals surface area contributed by atoms with Gasteiger partial charge in [-0.2, -0.15) is 11.8 Å². The smallest absolute Gasteiger partial charge is 0.191 e. The Morgan fingerprint density at radius 2 is 2.23 bits per heavy atom. The van der Waals surface area contributed by atoms with Crippen LogP contribution in [0.1, 0.15) is 19.2 Å².